The van der Waals surface area contributed by atoms with E-state index in [2.05, 4.69) is 0 Å². The molecule has 0 aliphatic heterocycles. The Kier molecular flexibility index (Phi) is 22.9. The average Bonchev–Trinajstić information content (AvgIpc) is 1.25. The summed E-state index contributed by atoms with van der Waals surface area (Å²) in [6.45, 7) is 0. The van der Waals surface area contributed by atoms with Crippen LogP contribution in [0.1, 0.15) is 0 Å². The molecule has 0 saturated heterocycles. The van der Waals surface area contributed by atoms with Crippen LogP contribution in [0.15, 0.2) is 0 Å². The van der Waals surface area contributed by atoms with Gasteiger partial charge in [0.1, 0.15) is 0 Å². The second-order valence-corrected chi connectivity index (χ2v) is 3.66. The van der Waals surface area contributed by atoms with Gasteiger partial charge in [0, 0.05) is 0 Å². The molecule has 0 aromatic carbocycles. The van der Waals surface area contributed by atoms with Crippen LogP contribution in [0.5, 0.6) is 0 Å². The van der Waals surface area contributed by atoms with E-state index in [0.717, 1.165) is 0 Å². The predicted molar refractivity (Wildman–Crippen MR) is 2.75 cm³/mol. The third kappa shape index (κ3) is 232. The van der Waals surface area contributed by atoms with Crippen LogP contribution in [0, 0.1) is 0 Å². The van der Waals surface area contributed by atoms with Gasteiger partial charge in [-0.25, -0.2) is 0 Å². The first kappa shape index (κ1) is 16.9. The topological polar surface area (TPSA) is 114 Å². The molecule has 9 heavy (non-hydrogen) atoms. The fourth-order valence-corrected chi connectivity index (χ4v) is 0. The first-order chi connectivity index (χ1) is 3.46. The van der Waals surface area contributed by atoms with E-state index < -0.39 is 37.6 Å². The van der Waals surface area contributed by atoms with Crippen molar-refractivity contribution in [2.45, 2.75) is 0 Å². The number of rotatable bonds is 0. The van der Waals surface area contributed by atoms with E-state index in [9.17, 15) is 0 Å². The SMILES string of the molecule is [Cd+2].[O]=[Ta](=[O])[O-].[O]=[Ta](=[O])[O-]. The molecule has 0 N–H and O–H groups in total. The van der Waals surface area contributed by atoms with Crippen LogP contribution >= 0.6 is 0 Å². The summed E-state index contributed by atoms with van der Waals surface area (Å²) in [4.78, 5) is 0. The van der Waals surface area contributed by atoms with Crippen molar-refractivity contribution in [2.75, 3.05) is 0 Å². The van der Waals surface area contributed by atoms with Gasteiger partial charge >= 0.3 is 85.1 Å². The molecule has 6 nitrogen and oxygen atoms in total. The second-order valence-electron chi connectivity index (χ2n) is 0.447. The van der Waals surface area contributed by atoms with E-state index in [4.69, 9.17) is 20.2 Å². The summed E-state index contributed by atoms with van der Waals surface area (Å²) in [5, 5.41) is 0. The van der Waals surface area contributed by atoms with Crippen LogP contribution in [-0.2, 0) is 77.9 Å². The summed E-state index contributed by atoms with van der Waals surface area (Å²) in [5.74, 6) is 0. The second kappa shape index (κ2) is 12.2. The summed E-state index contributed by atoms with van der Waals surface area (Å²) in [5.41, 5.74) is 0. The normalized spacial score (nSPS) is 5.56. The van der Waals surface area contributed by atoms with Gasteiger partial charge in [-0.2, -0.15) is 0 Å². The quantitative estimate of drug-likeness (QED) is 0.290. The van der Waals surface area contributed by atoms with Crippen molar-refractivity contribution < 1.29 is 85.1 Å². The van der Waals surface area contributed by atoms with Gasteiger partial charge in [-0.1, -0.05) is 0 Å². The molecule has 0 heterocycles. The summed E-state index contributed by atoms with van der Waals surface area (Å²) in [6.07, 6.45) is 0. The van der Waals surface area contributed by atoms with Gasteiger partial charge in [0.25, 0.3) is 0 Å². The van der Waals surface area contributed by atoms with Crippen LogP contribution < -0.4 is 7.23 Å². The zero-order valence-electron chi connectivity index (χ0n) is 4.05. The van der Waals surface area contributed by atoms with E-state index in [-0.39, 0.29) is 27.3 Å². The first-order valence-corrected chi connectivity index (χ1v) is 8.97. The van der Waals surface area contributed by atoms with E-state index in [0.29, 0.717) is 0 Å². The molecule has 0 radical (unpaired) electrons. The molecule has 0 fully saturated rings. The summed E-state index contributed by atoms with van der Waals surface area (Å²) < 4.78 is 51.7. The Morgan fingerprint density at radius 3 is 0.778 bits per heavy atom. The van der Waals surface area contributed by atoms with Crippen LogP contribution in [-0.4, -0.2) is 0 Å². The van der Waals surface area contributed by atoms with Gasteiger partial charge < -0.3 is 0 Å². The van der Waals surface area contributed by atoms with Crippen LogP contribution in [0.4, 0.5) is 0 Å². The van der Waals surface area contributed by atoms with Crippen molar-refractivity contribution in [3.8, 4) is 0 Å². The summed E-state index contributed by atoms with van der Waals surface area (Å²) in [7, 11) is 0. The van der Waals surface area contributed by atoms with Crippen molar-refractivity contribution in [1.29, 1.82) is 0 Å². The number of hydrogen-bond donors (Lipinski definition) is 0. The van der Waals surface area contributed by atoms with Gasteiger partial charge in [-0.3, -0.25) is 0 Å². The fraction of sp³-hybridized carbons (Fsp3) is 0. The van der Waals surface area contributed by atoms with Crippen molar-refractivity contribution in [2.24, 2.45) is 0 Å². The summed E-state index contributed by atoms with van der Waals surface area (Å²) >= 11 is -8.69. The third-order valence-electron chi connectivity index (χ3n) is 0. The third-order valence-corrected chi connectivity index (χ3v) is 0. The Morgan fingerprint density at radius 1 is 0.778 bits per heavy atom. The Bertz CT molecular complexity index is 128. The molecule has 0 saturated carbocycles. The maximum absolute atomic E-state index is 8.62. The average molecular weight is 570 g/mol. The molecule has 0 rings (SSSR count). The van der Waals surface area contributed by atoms with E-state index in [1.165, 1.54) is 0 Å². The van der Waals surface area contributed by atoms with Gasteiger partial charge in [-0.15, -0.1) is 0 Å². The molecule has 0 amide bonds. The molecule has 0 atom stereocenters. The summed E-state index contributed by atoms with van der Waals surface area (Å²) in [6, 6.07) is 0. The van der Waals surface area contributed by atoms with E-state index in [1.54, 1.807) is 0 Å². The first-order valence-electron chi connectivity index (χ1n) is 1.10. The van der Waals surface area contributed by atoms with Gasteiger partial charge in [0.05, 0.1) is 0 Å². The van der Waals surface area contributed by atoms with Crippen molar-refractivity contribution in [3.05, 3.63) is 0 Å². The van der Waals surface area contributed by atoms with Crippen molar-refractivity contribution in [1.82, 2.24) is 0 Å². The molecule has 0 unspecified atom stereocenters. The van der Waals surface area contributed by atoms with Gasteiger partial charge in [0.15, 0.2) is 0 Å². The molecular formula is CdO6Ta2. The Morgan fingerprint density at radius 2 is 0.778 bits per heavy atom. The zero-order valence-corrected chi connectivity index (χ0v) is 14.5. The van der Waals surface area contributed by atoms with E-state index in [1.807, 2.05) is 0 Å². The molecule has 0 aromatic heterocycles. The van der Waals surface area contributed by atoms with Crippen LogP contribution in [0.2, 0.25) is 0 Å². The molecular weight excluding hydrogens is 570 g/mol. The number of hydrogen-bond acceptors (Lipinski definition) is 6. The van der Waals surface area contributed by atoms with Gasteiger partial charge in [0.2, 0.25) is 0 Å². The molecule has 0 spiro atoms. The molecule has 9 heteroatoms. The monoisotopic (exact) mass is 572 g/mol. The Hall–Kier alpha value is 1.52. The molecule has 0 bridgehead atoms. The molecule has 0 aromatic rings. The Labute approximate surface area is 84.0 Å². The van der Waals surface area contributed by atoms with E-state index >= 15 is 0 Å². The fourth-order valence-electron chi connectivity index (χ4n) is 0. The Balaban J connectivity index is -0.0000000720. The predicted octanol–water partition coefficient (Wildman–Crippen LogP) is -2.86. The molecule has 48 valence electrons. The minimum atomic E-state index is -4.34. The molecule has 0 aliphatic rings. The van der Waals surface area contributed by atoms with Crippen molar-refractivity contribution >= 4 is 0 Å². The van der Waals surface area contributed by atoms with Crippen LogP contribution in [0.3, 0.4) is 0 Å². The minimum absolute atomic E-state index is 0. The van der Waals surface area contributed by atoms with Crippen molar-refractivity contribution in [3.63, 3.8) is 0 Å². The standard InChI is InChI=1S/Cd.6O.2Ta/q+2;;;;;2*-1;;. The maximum atomic E-state index is 8.62. The van der Waals surface area contributed by atoms with Crippen LogP contribution in [0.25, 0.3) is 0 Å². The zero-order chi connectivity index (χ0) is 7.15. The van der Waals surface area contributed by atoms with Gasteiger partial charge in [-0.05, 0) is 0 Å². The molecule has 0 aliphatic carbocycles.